The summed E-state index contributed by atoms with van der Waals surface area (Å²) in [5, 5.41) is 40.7. The van der Waals surface area contributed by atoms with Gasteiger partial charge in [0.05, 0.1) is 33.3 Å². The van der Waals surface area contributed by atoms with Crippen molar-refractivity contribution in [2.45, 2.75) is 12.2 Å². The lowest BCUT2D eigenvalue weighted by atomic mass is 10.0. The van der Waals surface area contributed by atoms with E-state index in [0.29, 0.717) is 5.56 Å². The summed E-state index contributed by atoms with van der Waals surface area (Å²) in [6, 6.07) is 11.5. The van der Waals surface area contributed by atoms with Crippen LogP contribution in [0, 0.1) is 0 Å². The van der Waals surface area contributed by atoms with Crippen molar-refractivity contribution in [3.05, 3.63) is 64.3 Å². The number of fused-ring (bicyclic) bond motifs is 1. The first-order valence-electron chi connectivity index (χ1n) is 11.7. The van der Waals surface area contributed by atoms with E-state index < -0.39 is 30.0 Å². The largest absolute Gasteiger partial charge is 0.508 e. The Morgan fingerprint density at radius 3 is 2.10 bits per heavy atom. The average Bonchev–Trinajstić information content (AvgIpc) is 2.95. The highest BCUT2D eigenvalue weighted by atomic mass is 16.6. The minimum Gasteiger partial charge on any atom is -0.508 e. The van der Waals surface area contributed by atoms with Gasteiger partial charge in [0.25, 0.3) is 0 Å². The molecule has 39 heavy (non-hydrogen) atoms. The molecule has 4 N–H and O–H groups in total. The third-order valence-corrected chi connectivity index (χ3v) is 6.15. The zero-order valence-electron chi connectivity index (χ0n) is 21.6. The van der Waals surface area contributed by atoms with Crippen molar-refractivity contribution in [2.75, 3.05) is 35.0 Å². The summed E-state index contributed by atoms with van der Waals surface area (Å²) in [5.41, 5.74) is 0.172. The SMILES string of the molecule is COc1cc([C@H](OC)[C@@H](CO)Oc2c(OC)cc(-c3oc4cc(O)ccc4c(=O)c3O)cc2OC)ccc1O. The first-order chi connectivity index (χ1) is 18.8. The maximum Gasteiger partial charge on any atom is 0.235 e. The number of aromatic hydroxyl groups is 3. The quantitative estimate of drug-likeness (QED) is 0.232. The molecule has 4 rings (SSSR count). The van der Waals surface area contributed by atoms with E-state index in [9.17, 15) is 25.2 Å². The van der Waals surface area contributed by atoms with Gasteiger partial charge in [-0.3, -0.25) is 4.79 Å². The van der Waals surface area contributed by atoms with Gasteiger partial charge in [0.1, 0.15) is 17.4 Å². The number of aliphatic hydroxyl groups excluding tert-OH is 1. The predicted octanol–water partition coefficient (Wildman–Crippen LogP) is 3.73. The van der Waals surface area contributed by atoms with E-state index in [1.165, 1.54) is 64.8 Å². The highest BCUT2D eigenvalue weighted by Crippen LogP contribution is 2.45. The summed E-state index contributed by atoms with van der Waals surface area (Å²) in [6.45, 7) is -0.473. The first kappa shape index (κ1) is 27.4. The predicted molar refractivity (Wildman–Crippen MR) is 140 cm³/mol. The van der Waals surface area contributed by atoms with Gasteiger partial charge in [-0.2, -0.15) is 0 Å². The number of rotatable bonds is 10. The molecule has 206 valence electrons. The molecular formula is C28H28O11. The van der Waals surface area contributed by atoms with Crippen LogP contribution in [0.2, 0.25) is 0 Å². The molecule has 1 aromatic heterocycles. The van der Waals surface area contributed by atoms with Gasteiger partial charge < -0.3 is 48.5 Å². The molecule has 0 radical (unpaired) electrons. The van der Waals surface area contributed by atoms with Gasteiger partial charge in [0.2, 0.25) is 16.9 Å². The molecule has 0 aliphatic rings. The Bertz CT molecular complexity index is 1520. The summed E-state index contributed by atoms with van der Waals surface area (Å²) in [4.78, 5) is 12.8. The van der Waals surface area contributed by atoms with Crippen LogP contribution in [0.3, 0.4) is 0 Å². The third kappa shape index (κ3) is 5.22. The lowest BCUT2D eigenvalue weighted by Crippen LogP contribution is -2.30. The lowest BCUT2D eigenvalue weighted by Gasteiger charge is -2.27. The number of phenolic OH excluding ortho intramolecular Hbond substituents is 2. The van der Waals surface area contributed by atoms with E-state index >= 15 is 0 Å². The molecule has 0 saturated heterocycles. The summed E-state index contributed by atoms with van der Waals surface area (Å²) >= 11 is 0. The Morgan fingerprint density at radius 2 is 1.51 bits per heavy atom. The van der Waals surface area contributed by atoms with Crippen LogP contribution < -0.4 is 24.4 Å². The van der Waals surface area contributed by atoms with Crippen molar-refractivity contribution in [1.29, 1.82) is 0 Å². The number of aliphatic hydroxyl groups is 1. The highest BCUT2D eigenvalue weighted by Gasteiger charge is 2.29. The van der Waals surface area contributed by atoms with Crippen LogP contribution in [0.4, 0.5) is 0 Å². The Morgan fingerprint density at radius 1 is 0.846 bits per heavy atom. The molecule has 3 aromatic carbocycles. The zero-order valence-corrected chi connectivity index (χ0v) is 21.6. The molecule has 11 heteroatoms. The molecule has 0 aliphatic carbocycles. The number of benzene rings is 3. The number of methoxy groups -OCH3 is 4. The normalized spacial score (nSPS) is 12.6. The molecule has 0 aliphatic heterocycles. The van der Waals surface area contributed by atoms with E-state index in [4.69, 9.17) is 28.1 Å². The number of phenols is 2. The summed E-state index contributed by atoms with van der Waals surface area (Å²) in [5.74, 6) is -0.388. The fourth-order valence-corrected chi connectivity index (χ4v) is 4.21. The molecular weight excluding hydrogens is 512 g/mol. The van der Waals surface area contributed by atoms with Crippen LogP contribution in [0.25, 0.3) is 22.3 Å². The number of hydrogen-bond acceptors (Lipinski definition) is 11. The lowest BCUT2D eigenvalue weighted by molar-refractivity contribution is -0.0273. The second kappa shape index (κ2) is 11.4. The Hall–Kier alpha value is -4.61. The van der Waals surface area contributed by atoms with Crippen molar-refractivity contribution in [3.63, 3.8) is 0 Å². The molecule has 0 spiro atoms. The molecule has 0 unspecified atom stereocenters. The Kier molecular flexibility index (Phi) is 8.03. The monoisotopic (exact) mass is 540 g/mol. The minimum absolute atomic E-state index is 0.0599. The van der Waals surface area contributed by atoms with Crippen LogP contribution in [-0.2, 0) is 4.74 Å². The van der Waals surface area contributed by atoms with E-state index in [0.717, 1.165) is 0 Å². The molecule has 11 nitrogen and oxygen atoms in total. The molecule has 1 heterocycles. The van der Waals surface area contributed by atoms with Crippen LogP contribution in [0.1, 0.15) is 11.7 Å². The topological polar surface area (TPSA) is 157 Å². The third-order valence-electron chi connectivity index (χ3n) is 6.15. The van der Waals surface area contributed by atoms with E-state index in [1.807, 2.05) is 0 Å². The van der Waals surface area contributed by atoms with E-state index in [2.05, 4.69) is 0 Å². The van der Waals surface area contributed by atoms with Gasteiger partial charge in [0, 0.05) is 18.7 Å². The van der Waals surface area contributed by atoms with Crippen LogP contribution in [0.15, 0.2) is 57.7 Å². The molecule has 0 fully saturated rings. The molecule has 0 bridgehead atoms. The molecule has 2 atom stereocenters. The number of hydrogen-bond donors (Lipinski definition) is 4. The van der Waals surface area contributed by atoms with Crippen molar-refractivity contribution >= 4 is 11.0 Å². The smallest absolute Gasteiger partial charge is 0.235 e. The fourth-order valence-electron chi connectivity index (χ4n) is 4.21. The maximum absolute atomic E-state index is 12.8. The second-order valence-corrected chi connectivity index (χ2v) is 8.43. The number of ether oxygens (including phenoxy) is 5. The average molecular weight is 541 g/mol. The van der Waals surface area contributed by atoms with Gasteiger partial charge in [-0.05, 0) is 42.0 Å². The van der Waals surface area contributed by atoms with E-state index in [1.54, 1.807) is 12.1 Å². The summed E-state index contributed by atoms with van der Waals surface area (Å²) in [6.07, 6.45) is -1.76. The van der Waals surface area contributed by atoms with Crippen molar-refractivity contribution < 1.29 is 48.5 Å². The summed E-state index contributed by atoms with van der Waals surface area (Å²) in [7, 11) is 5.62. The van der Waals surface area contributed by atoms with Crippen molar-refractivity contribution in [3.8, 4) is 51.6 Å². The van der Waals surface area contributed by atoms with Gasteiger partial charge in [-0.1, -0.05) is 6.07 Å². The highest BCUT2D eigenvalue weighted by molar-refractivity contribution is 5.83. The van der Waals surface area contributed by atoms with E-state index in [-0.39, 0.29) is 56.8 Å². The van der Waals surface area contributed by atoms with Crippen LogP contribution in [0.5, 0.6) is 40.2 Å². The summed E-state index contributed by atoms with van der Waals surface area (Å²) < 4.78 is 33.7. The second-order valence-electron chi connectivity index (χ2n) is 8.43. The Labute approximate surface area is 222 Å². The standard InChI is InChI=1S/C28H28O11/c1-34-20-9-14(5-8-18(20)31)26(37-4)23(13-29)39-28-21(35-2)10-15(11-22(28)36-3)27-25(33)24(32)17-7-6-16(30)12-19(17)38-27/h5-12,23,26,29-31,33H,13H2,1-4H3/t23-,26+/m1/s1. The minimum atomic E-state index is -0.965. The van der Waals surface area contributed by atoms with Crippen molar-refractivity contribution in [2.24, 2.45) is 0 Å². The first-order valence-corrected chi connectivity index (χ1v) is 11.7. The molecule has 4 aromatic rings. The molecule has 0 amide bonds. The van der Waals surface area contributed by atoms with Crippen molar-refractivity contribution in [1.82, 2.24) is 0 Å². The maximum atomic E-state index is 12.8. The van der Waals surface area contributed by atoms with Crippen LogP contribution in [-0.4, -0.2) is 61.6 Å². The van der Waals surface area contributed by atoms with Gasteiger partial charge in [-0.25, -0.2) is 0 Å². The van der Waals surface area contributed by atoms with Gasteiger partial charge in [-0.15, -0.1) is 0 Å². The zero-order chi connectivity index (χ0) is 28.3. The fraction of sp³-hybridized carbons (Fsp3) is 0.250. The van der Waals surface area contributed by atoms with Gasteiger partial charge in [0.15, 0.2) is 34.9 Å². The molecule has 0 saturated carbocycles. The Balaban J connectivity index is 1.79. The van der Waals surface area contributed by atoms with Crippen LogP contribution >= 0.6 is 0 Å². The van der Waals surface area contributed by atoms with Gasteiger partial charge >= 0.3 is 0 Å².